The number of benzene rings is 1. The molecule has 1 aliphatic heterocycles. The van der Waals surface area contributed by atoms with Crippen LogP contribution in [-0.4, -0.2) is 35.0 Å². The van der Waals surface area contributed by atoms with Crippen LogP contribution in [0.4, 0.5) is 0 Å². The van der Waals surface area contributed by atoms with Crippen molar-refractivity contribution in [2.75, 3.05) is 19.6 Å². The Hall–Kier alpha value is -1.49. The molecular formula is C16H19Cl2N3O. The normalized spacial score (nSPS) is 17.9. The van der Waals surface area contributed by atoms with E-state index in [1.54, 1.807) is 0 Å². The summed E-state index contributed by atoms with van der Waals surface area (Å²) in [4.78, 5) is 14.7. The fraction of sp³-hybridized carbons (Fsp3) is 0.312. The number of piperazine rings is 1. The molecule has 0 spiro atoms. The predicted octanol–water partition coefficient (Wildman–Crippen LogP) is 2.89. The topological polar surface area (TPSA) is 37.3 Å². The van der Waals surface area contributed by atoms with Crippen molar-refractivity contribution in [1.82, 2.24) is 14.8 Å². The Morgan fingerprint density at radius 1 is 1.27 bits per heavy atom. The lowest BCUT2D eigenvalue weighted by molar-refractivity contribution is 0.0624. The third kappa shape index (κ3) is 3.14. The van der Waals surface area contributed by atoms with Crippen molar-refractivity contribution in [2.45, 2.75) is 6.04 Å². The molecular weight excluding hydrogens is 321 g/mol. The van der Waals surface area contributed by atoms with Gasteiger partial charge in [0, 0.05) is 37.9 Å². The SMILES string of the molecule is Cl.Cn1cccc1C(=O)N1CCNCC1c1ccccc1Cl. The maximum atomic E-state index is 12.8. The molecule has 0 bridgehead atoms. The Morgan fingerprint density at radius 3 is 2.73 bits per heavy atom. The Labute approximate surface area is 141 Å². The molecule has 2 aromatic rings. The van der Waals surface area contributed by atoms with Crippen molar-refractivity contribution in [3.63, 3.8) is 0 Å². The monoisotopic (exact) mass is 339 g/mol. The molecule has 1 aliphatic rings. The first-order chi connectivity index (χ1) is 10.2. The van der Waals surface area contributed by atoms with Gasteiger partial charge in [-0.25, -0.2) is 0 Å². The number of nitrogens with one attached hydrogen (secondary N) is 1. The smallest absolute Gasteiger partial charge is 0.271 e. The second-order valence-corrected chi connectivity index (χ2v) is 5.65. The van der Waals surface area contributed by atoms with Crippen LogP contribution in [0.25, 0.3) is 0 Å². The van der Waals surface area contributed by atoms with Gasteiger partial charge in [-0.05, 0) is 23.8 Å². The van der Waals surface area contributed by atoms with Crippen molar-refractivity contribution < 1.29 is 4.79 Å². The first-order valence-corrected chi connectivity index (χ1v) is 7.43. The predicted molar refractivity (Wildman–Crippen MR) is 90.8 cm³/mol. The summed E-state index contributed by atoms with van der Waals surface area (Å²) in [6.07, 6.45) is 1.89. The molecule has 1 fully saturated rings. The highest BCUT2D eigenvalue weighted by Crippen LogP contribution is 2.29. The largest absolute Gasteiger partial charge is 0.347 e. The van der Waals surface area contributed by atoms with Gasteiger partial charge in [-0.2, -0.15) is 0 Å². The number of carbonyl (C=O) groups excluding carboxylic acids is 1. The molecule has 1 aromatic heterocycles. The quantitative estimate of drug-likeness (QED) is 0.913. The molecule has 0 saturated carbocycles. The Bertz CT molecular complexity index is 656. The number of carbonyl (C=O) groups is 1. The van der Waals surface area contributed by atoms with Gasteiger partial charge in [0.1, 0.15) is 5.69 Å². The standard InChI is InChI=1S/C16H18ClN3O.ClH/c1-19-9-4-7-14(19)16(21)20-10-8-18-11-15(20)12-5-2-3-6-13(12)17;/h2-7,9,15,18H,8,10-11H2,1H3;1H. The highest BCUT2D eigenvalue weighted by Gasteiger charge is 2.30. The molecule has 6 heteroatoms. The molecule has 0 radical (unpaired) electrons. The van der Waals surface area contributed by atoms with E-state index in [4.69, 9.17) is 11.6 Å². The Morgan fingerprint density at radius 2 is 2.05 bits per heavy atom. The molecule has 1 saturated heterocycles. The molecule has 22 heavy (non-hydrogen) atoms. The van der Waals surface area contributed by atoms with E-state index < -0.39 is 0 Å². The summed E-state index contributed by atoms with van der Waals surface area (Å²) < 4.78 is 1.86. The zero-order valence-electron chi connectivity index (χ0n) is 12.3. The third-order valence-corrected chi connectivity index (χ3v) is 4.28. The summed E-state index contributed by atoms with van der Waals surface area (Å²) in [6.45, 7) is 2.21. The van der Waals surface area contributed by atoms with Crippen LogP contribution in [0, 0.1) is 0 Å². The first kappa shape index (κ1) is 16.9. The minimum absolute atomic E-state index is 0. The Balaban J connectivity index is 0.00000176. The highest BCUT2D eigenvalue weighted by molar-refractivity contribution is 6.31. The van der Waals surface area contributed by atoms with E-state index in [1.807, 2.05) is 59.1 Å². The van der Waals surface area contributed by atoms with Gasteiger partial charge in [0.05, 0.1) is 6.04 Å². The third-order valence-electron chi connectivity index (χ3n) is 3.93. The second-order valence-electron chi connectivity index (χ2n) is 5.24. The molecule has 3 rings (SSSR count). The van der Waals surface area contributed by atoms with E-state index in [9.17, 15) is 4.79 Å². The number of hydrogen-bond acceptors (Lipinski definition) is 2. The van der Waals surface area contributed by atoms with E-state index in [1.165, 1.54) is 0 Å². The van der Waals surface area contributed by atoms with E-state index in [-0.39, 0.29) is 24.4 Å². The Kier molecular flexibility index (Phi) is 5.51. The lowest BCUT2D eigenvalue weighted by Crippen LogP contribution is -2.49. The molecule has 1 aromatic carbocycles. The number of aromatic nitrogens is 1. The lowest BCUT2D eigenvalue weighted by Gasteiger charge is -2.37. The van der Waals surface area contributed by atoms with Gasteiger partial charge in [-0.15, -0.1) is 12.4 Å². The number of halogens is 2. The summed E-state index contributed by atoms with van der Waals surface area (Å²) in [5.74, 6) is 0.0499. The summed E-state index contributed by atoms with van der Waals surface area (Å²) in [6, 6.07) is 11.4. The van der Waals surface area contributed by atoms with Crippen LogP contribution in [0.5, 0.6) is 0 Å². The lowest BCUT2D eigenvalue weighted by atomic mass is 10.0. The molecule has 0 aliphatic carbocycles. The summed E-state index contributed by atoms with van der Waals surface area (Å²) in [5, 5.41) is 4.05. The van der Waals surface area contributed by atoms with Crippen molar-refractivity contribution in [3.8, 4) is 0 Å². The zero-order valence-corrected chi connectivity index (χ0v) is 13.9. The zero-order chi connectivity index (χ0) is 14.8. The second kappa shape index (κ2) is 7.18. The van der Waals surface area contributed by atoms with Crippen LogP contribution in [-0.2, 0) is 7.05 Å². The van der Waals surface area contributed by atoms with Gasteiger partial charge < -0.3 is 14.8 Å². The van der Waals surface area contributed by atoms with Gasteiger partial charge in [-0.1, -0.05) is 29.8 Å². The van der Waals surface area contributed by atoms with E-state index in [0.29, 0.717) is 17.3 Å². The molecule has 4 nitrogen and oxygen atoms in total. The number of amides is 1. The van der Waals surface area contributed by atoms with E-state index in [2.05, 4.69) is 5.32 Å². The van der Waals surface area contributed by atoms with Crippen molar-refractivity contribution in [2.24, 2.45) is 7.05 Å². The van der Waals surface area contributed by atoms with Crippen LogP contribution >= 0.6 is 24.0 Å². The molecule has 2 heterocycles. The van der Waals surface area contributed by atoms with Crippen molar-refractivity contribution >= 4 is 29.9 Å². The van der Waals surface area contributed by atoms with Crippen molar-refractivity contribution in [1.29, 1.82) is 0 Å². The van der Waals surface area contributed by atoms with Gasteiger partial charge in [0.15, 0.2) is 0 Å². The number of rotatable bonds is 2. The van der Waals surface area contributed by atoms with Crippen molar-refractivity contribution in [3.05, 3.63) is 58.9 Å². The molecule has 1 atom stereocenters. The van der Waals surface area contributed by atoms with Crippen LogP contribution in [0.15, 0.2) is 42.6 Å². The van der Waals surface area contributed by atoms with Crippen LogP contribution in [0.2, 0.25) is 5.02 Å². The maximum Gasteiger partial charge on any atom is 0.271 e. The summed E-state index contributed by atoms with van der Waals surface area (Å²) in [7, 11) is 1.89. The van der Waals surface area contributed by atoms with Crippen LogP contribution < -0.4 is 5.32 Å². The first-order valence-electron chi connectivity index (χ1n) is 7.06. The molecule has 1 unspecified atom stereocenters. The maximum absolute atomic E-state index is 12.8. The summed E-state index contributed by atoms with van der Waals surface area (Å²) >= 11 is 6.31. The fourth-order valence-corrected chi connectivity index (χ4v) is 3.06. The van der Waals surface area contributed by atoms with Gasteiger partial charge in [0.2, 0.25) is 0 Å². The van der Waals surface area contributed by atoms with E-state index in [0.717, 1.165) is 18.7 Å². The van der Waals surface area contributed by atoms with Crippen LogP contribution in [0.3, 0.4) is 0 Å². The van der Waals surface area contributed by atoms with E-state index >= 15 is 0 Å². The molecule has 118 valence electrons. The highest BCUT2D eigenvalue weighted by atomic mass is 35.5. The minimum atomic E-state index is -0.0325. The van der Waals surface area contributed by atoms with Gasteiger partial charge in [-0.3, -0.25) is 4.79 Å². The van der Waals surface area contributed by atoms with Crippen LogP contribution in [0.1, 0.15) is 22.1 Å². The fourth-order valence-electron chi connectivity index (χ4n) is 2.80. The van der Waals surface area contributed by atoms with Gasteiger partial charge in [0.25, 0.3) is 5.91 Å². The minimum Gasteiger partial charge on any atom is -0.347 e. The average molecular weight is 340 g/mol. The molecule has 1 amide bonds. The summed E-state index contributed by atoms with van der Waals surface area (Å²) in [5.41, 5.74) is 1.70. The average Bonchev–Trinajstić information content (AvgIpc) is 2.93. The number of hydrogen-bond donors (Lipinski definition) is 1. The molecule has 1 N–H and O–H groups in total. The number of aryl methyl sites for hydroxylation is 1. The number of nitrogens with zero attached hydrogens (tertiary/aromatic N) is 2. The van der Waals surface area contributed by atoms with Gasteiger partial charge >= 0.3 is 0 Å².